The Labute approximate surface area is 74.2 Å². The SMILES string of the molecule is CCN(CC)CC(O)(Cl)CC. The van der Waals surface area contributed by atoms with Crippen molar-refractivity contribution in [3.05, 3.63) is 0 Å². The molecule has 11 heavy (non-hydrogen) atoms. The number of nitrogens with zero attached hydrogens (tertiary/aromatic N) is 1. The Bertz CT molecular complexity index is 102. The molecule has 0 aliphatic carbocycles. The van der Waals surface area contributed by atoms with Gasteiger partial charge in [-0.05, 0) is 19.5 Å². The van der Waals surface area contributed by atoms with Crippen LogP contribution in [0.5, 0.6) is 0 Å². The van der Waals surface area contributed by atoms with Crippen LogP contribution in [0.2, 0.25) is 0 Å². The maximum atomic E-state index is 9.48. The summed E-state index contributed by atoms with van der Waals surface area (Å²) >= 11 is 5.79. The molecule has 1 atom stereocenters. The van der Waals surface area contributed by atoms with Gasteiger partial charge in [-0.25, -0.2) is 0 Å². The highest BCUT2D eigenvalue weighted by atomic mass is 35.5. The zero-order chi connectivity index (χ0) is 8.91. The van der Waals surface area contributed by atoms with Crippen LogP contribution < -0.4 is 0 Å². The van der Waals surface area contributed by atoms with Gasteiger partial charge >= 0.3 is 0 Å². The lowest BCUT2D eigenvalue weighted by Gasteiger charge is -2.26. The molecule has 0 amide bonds. The third kappa shape index (κ3) is 4.62. The Kier molecular flexibility index (Phi) is 5.06. The zero-order valence-electron chi connectivity index (χ0n) is 7.60. The predicted molar refractivity (Wildman–Crippen MR) is 48.9 cm³/mol. The molecule has 0 saturated heterocycles. The third-order valence-electron chi connectivity index (χ3n) is 1.90. The number of likely N-dealkylation sites (N-methyl/N-ethyl adjacent to an activating group) is 1. The number of aliphatic hydroxyl groups is 1. The minimum atomic E-state index is -1.04. The lowest BCUT2D eigenvalue weighted by Crippen LogP contribution is -2.38. The van der Waals surface area contributed by atoms with Gasteiger partial charge in [-0.3, -0.25) is 4.90 Å². The Morgan fingerprint density at radius 3 is 2.00 bits per heavy atom. The monoisotopic (exact) mass is 179 g/mol. The van der Waals surface area contributed by atoms with Crippen molar-refractivity contribution >= 4 is 11.6 Å². The van der Waals surface area contributed by atoms with Crippen LogP contribution in [0, 0.1) is 0 Å². The average Bonchev–Trinajstić information content (AvgIpc) is 2.00. The highest BCUT2D eigenvalue weighted by Crippen LogP contribution is 2.16. The second-order valence-corrected chi connectivity index (χ2v) is 3.44. The number of rotatable bonds is 5. The molecule has 1 unspecified atom stereocenters. The maximum Gasteiger partial charge on any atom is 0.150 e. The summed E-state index contributed by atoms with van der Waals surface area (Å²) in [5.74, 6) is 0. The van der Waals surface area contributed by atoms with Crippen molar-refractivity contribution in [2.24, 2.45) is 0 Å². The smallest absolute Gasteiger partial charge is 0.150 e. The lowest BCUT2D eigenvalue weighted by molar-refractivity contribution is 0.0769. The van der Waals surface area contributed by atoms with Crippen LogP contribution in [0.25, 0.3) is 0 Å². The molecular weight excluding hydrogens is 162 g/mol. The molecule has 0 fully saturated rings. The van der Waals surface area contributed by atoms with Crippen LogP contribution >= 0.6 is 11.6 Å². The maximum absolute atomic E-state index is 9.48. The molecule has 0 saturated carbocycles. The highest BCUT2D eigenvalue weighted by molar-refractivity contribution is 6.22. The second kappa shape index (κ2) is 4.96. The summed E-state index contributed by atoms with van der Waals surface area (Å²) in [4.78, 5) is 2.11. The van der Waals surface area contributed by atoms with Gasteiger partial charge in [-0.15, -0.1) is 0 Å². The summed E-state index contributed by atoms with van der Waals surface area (Å²) in [6.07, 6.45) is 0.588. The fourth-order valence-electron chi connectivity index (χ4n) is 0.902. The van der Waals surface area contributed by atoms with Crippen LogP contribution in [-0.2, 0) is 0 Å². The Morgan fingerprint density at radius 1 is 1.27 bits per heavy atom. The lowest BCUT2D eigenvalue weighted by atomic mass is 10.2. The first-order valence-electron chi connectivity index (χ1n) is 4.19. The summed E-state index contributed by atoms with van der Waals surface area (Å²) < 4.78 is 0. The summed E-state index contributed by atoms with van der Waals surface area (Å²) in [5.41, 5.74) is 0. The van der Waals surface area contributed by atoms with Crippen molar-refractivity contribution in [1.29, 1.82) is 0 Å². The van der Waals surface area contributed by atoms with E-state index in [1.807, 2.05) is 6.92 Å². The summed E-state index contributed by atoms with van der Waals surface area (Å²) in [6, 6.07) is 0. The van der Waals surface area contributed by atoms with Crippen molar-refractivity contribution in [2.75, 3.05) is 19.6 Å². The van der Waals surface area contributed by atoms with Gasteiger partial charge in [0.1, 0.15) is 0 Å². The molecule has 0 radical (unpaired) electrons. The minimum Gasteiger partial charge on any atom is -0.374 e. The molecule has 0 spiro atoms. The first-order chi connectivity index (χ1) is 5.05. The second-order valence-electron chi connectivity index (χ2n) is 2.73. The van der Waals surface area contributed by atoms with E-state index in [2.05, 4.69) is 18.7 Å². The molecule has 0 aliphatic heterocycles. The van der Waals surface area contributed by atoms with Crippen molar-refractivity contribution in [1.82, 2.24) is 4.90 Å². The molecule has 2 nitrogen and oxygen atoms in total. The van der Waals surface area contributed by atoms with E-state index >= 15 is 0 Å². The summed E-state index contributed by atoms with van der Waals surface area (Å²) in [7, 11) is 0. The fourth-order valence-corrected chi connectivity index (χ4v) is 1.07. The molecule has 0 aromatic rings. The van der Waals surface area contributed by atoms with Crippen molar-refractivity contribution in [3.63, 3.8) is 0 Å². The van der Waals surface area contributed by atoms with Crippen LogP contribution in [-0.4, -0.2) is 34.7 Å². The molecule has 0 aromatic carbocycles. The largest absolute Gasteiger partial charge is 0.374 e. The van der Waals surface area contributed by atoms with Crippen LogP contribution in [0.15, 0.2) is 0 Å². The zero-order valence-corrected chi connectivity index (χ0v) is 8.36. The highest BCUT2D eigenvalue weighted by Gasteiger charge is 2.22. The predicted octanol–water partition coefficient (Wildman–Crippen LogP) is 1.67. The van der Waals surface area contributed by atoms with E-state index in [0.717, 1.165) is 13.1 Å². The number of halogens is 1. The minimum absolute atomic E-state index is 0.554. The third-order valence-corrected chi connectivity index (χ3v) is 2.29. The molecule has 0 aliphatic rings. The summed E-state index contributed by atoms with van der Waals surface area (Å²) in [5, 5.41) is 8.44. The van der Waals surface area contributed by atoms with E-state index in [9.17, 15) is 5.11 Å². The first kappa shape index (κ1) is 11.2. The van der Waals surface area contributed by atoms with Crippen LogP contribution in [0.4, 0.5) is 0 Å². The molecule has 0 rings (SSSR count). The van der Waals surface area contributed by atoms with Crippen molar-refractivity contribution in [2.45, 2.75) is 32.3 Å². The van der Waals surface area contributed by atoms with Crippen molar-refractivity contribution < 1.29 is 5.11 Å². The number of hydrogen-bond donors (Lipinski definition) is 1. The van der Waals surface area contributed by atoms with Gasteiger partial charge in [0.15, 0.2) is 5.06 Å². The van der Waals surface area contributed by atoms with Crippen molar-refractivity contribution in [3.8, 4) is 0 Å². The Hall–Kier alpha value is 0.210. The van der Waals surface area contributed by atoms with E-state index in [1.165, 1.54) is 0 Å². The van der Waals surface area contributed by atoms with E-state index in [4.69, 9.17) is 11.6 Å². The molecule has 3 heteroatoms. The average molecular weight is 180 g/mol. The van der Waals surface area contributed by atoms with Gasteiger partial charge in [0.2, 0.25) is 0 Å². The van der Waals surface area contributed by atoms with Gasteiger partial charge in [-0.2, -0.15) is 0 Å². The Balaban J connectivity index is 3.79. The molecule has 68 valence electrons. The topological polar surface area (TPSA) is 23.5 Å². The van der Waals surface area contributed by atoms with Gasteiger partial charge in [-0.1, -0.05) is 32.4 Å². The van der Waals surface area contributed by atoms with Crippen LogP contribution in [0.1, 0.15) is 27.2 Å². The normalized spacial score (nSPS) is 16.9. The molecule has 0 heterocycles. The van der Waals surface area contributed by atoms with E-state index in [1.54, 1.807) is 0 Å². The van der Waals surface area contributed by atoms with Gasteiger partial charge in [0.05, 0.1) is 0 Å². The number of hydrogen-bond acceptors (Lipinski definition) is 2. The molecule has 0 bridgehead atoms. The number of alkyl halides is 1. The van der Waals surface area contributed by atoms with E-state index < -0.39 is 5.06 Å². The van der Waals surface area contributed by atoms with Gasteiger partial charge in [0, 0.05) is 6.54 Å². The molecule has 1 N–H and O–H groups in total. The van der Waals surface area contributed by atoms with Gasteiger partial charge < -0.3 is 5.11 Å². The standard InChI is InChI=1S/C8H18ClNO/c1-4-8(9,11)7-10(5-2)6-3/h11H,4-7H2,1-3H3. The molecule has 0 aromatic heterocycles. The van der Waals surface area contributed by atoms with E-state index in [-0.39, 0.29) is 0 Å². The molecular formula is C8H18ClNO. The van der Waals surface area contributed by atoms with Crippen LogP contribution in [0.3, 0.4) is 0 Å². The van der Waals surface area contributed by atoms with E-state index in [0.29, 0.717) is 13.0 Å². The summed E-state index contributed by atoms with van der Waals surface area (Å²) in [6.45, 7) is 8.43. The Morgan fingerprint density at radius 2 is 1.73 bits per heavy atom. The quantitative estimate of drug-likeness (QED) is 0.650. The van der Waals surface area contributed by atoms with Gasteiger partial charge in [0.25, 0.3) is 0 Å². The first-order valence-corrected chi connectivity index (χ1v) is 4.57. The fraction of sp³-hybridized carbons (Fsp3) is 1.00.